The number of benzene rings is 2. The van der Waals surface area contributed by atoms with Crippen LogP contribution >= 0.6 is 0 Å². The van der Waals surface area contributed by atoms with Crippen LogP contribution in [-0.4, -0.2) is 85.0 Å². The number of nitrogens with one attached hydrogen (secondary N) is 2. The summed E-state index contributed by atoms with van der Waals surface area (Å²) in [6, 6.07) is 5.86. The van der Waals surface area contributed by atoms with Gasteiger partial charge in [0.15, 0.2) is 10.7 Å². The Morgan fingerprint density at radius 2 is 1.98 bits per heavy atom. The Morgan fingerprint density at radius 3 is 2.76 bits per heavy atom. The lowest BCUT2D eigenvalue weighted by molar-refractivity contribution is 0.107. The van der Waals surface area contributed by atoms with Crippen molar-refractivity contribution in [3.05, 3.63) is 46.9 Å². The number of alkyl halides is 1. The van der Waals surface area contributed by atoms with Gasteiger partial charge in [0.2, 0.25) is 0 Å². The molecule has 45 heavy (non-hydrogen) atoms. The average molecular weight is 635 g/mol. The molecular formula is C32H32F2N6O4S. The Bertz CT molecular complexity index is 1920. The number of ether oxygens (including phenoxy) is 1. The van der Waals surface area contributed by atoms with Crippen LogP contribution in [0.15, 0.2) is 29.2 Å². The highest BCUT2D eigenvalue weighted by Crippen LogP contribution is 2.42. The molecule has 2 bridgehead atoms. The van der Waals surface area contributed by atoms with Crippen LogP contribution in [0.3, 0.4) is 0 Å². The summed E-state index contributed by atoms with van der Waals surface area (Å²) in [6.45, 7) is 2.49. The maximum atomic E-state index is 14.8. The maximum absolute atomic E-state index is 14.8. The van der Waals surface area contributed by atoms with Crippen LogP contribution in [0.2, 0.25) is 0 Å². The third kappa shape index (κ3) is 4.69. The highest BCUT2D eigenvalue weighted by molar-refractivity contribution is 7.90. The molecule has 6 heterocycles. The second-order valence-corrected chi connectivity index (χ2v) is 14.4. The van der Waals surface area contributed by atoms with Crippen LogP contribution in [0.25, 0.3) is 22.5 Å². The molecular weight excluding hydrogens is 602 g/mol. The molecule has 0 radical (unpaired) electrons. The quantitative estimate of drug-likeness (QED) is 0.364. The Labute approximate surface area is 259 Å². The van der Waals surface area contributed by atoms with E-state index < -0.39 is 27.6 Å². The summed E-state index contributed by atoms with van der Waals surface area (Å²) >= 11 is 0. The number of anilines is 1. The van der Waals surface area contributed by atoms with Crippen LogP contribution < -0.4 is 19.7 Å². The topological polar surface area (TPSA) is 120 Å². The van der Waals surface area contributed by atoms with Crippen molar-refractivity contribution in [2.24, 2.45) is 0 Å². The third-order valence-corrected chi connectivity index (χ3v) is 11.3. The molecule has 3 N–H and O–H groups in total. The highest BCUT2D eigenvalue weighted by Gasteiger charge is 2.49. The second kappa shape index (κ2) is 10.3. The van der Waals surface area contributed by atoms with E-state index >= 15 is 0 Å². The van der Waals surface area contributed by atoms with Crippen molar-refractivity contribution in [1.29, 1.82) is 0 Å². The van der Waals surface area contributed by atoms with Crippen molar-refractivity contribution in [3.8, 4) is 24.1 Å². The number of fused-ring (bicyclic) bond motifs is 5. The zero-order valence-electron chi connectivity index (χ0n) is 24.4. The molecule has 2 unspecified atom stereocenters. The zero-order chi connectivity index (χ0) is 31.1. The number of hydrogen-bond donors (Lipinski definition) is 3. The lowest BCUT2D eigenvalue weighted by atomic mass is 9.95. The zero-order valence-corrected chi connectivity index (χ0v) is 25.2. The van der Waals surface area contributed by atoms with E-state index in [1.807, 2.05) is 4.90 Å². The standard InChI is InChI=1S/C32H32F2N6O4S/c1-2-23-25(34)7-4-18-10-22(41)11-24(28(18)23)26-12-27-29(45(42,43)38-26)30(39-15-20-5-6-21(16-39)35-20)37-31(36-27)44-17-32-8-3-9-40(32)14-19(33)13-32/h1,4,7,10-12,19-21,35,38,41H,3,5-6,8-9,13-17H2/t19-,20?,21?,32+/m1/s1. The van der Waals surface area contributed by atoms with Crippen LogP contribution in [-0.2, 0) is 10.0 Å². The Kier molecular flexibility index (Phi) is 6.50. The summed E-state index contributed by atoms with van der Waals surface area (Å²) in [5.41, 5.74) is -0.133. The number of phenols is 1. The van der Waals surface area contributed by atoms with Gasteiger partial charge in [-0.2, -0.15) is 9.97 Å². The minimum atomic E-state index is -4.26. The maximum Gasteiger partial charge on any atom is 0.319 e. The fraction of sp³-hybridized carbons (Fsp3) is 0.438. The number of phenolic OH excluding ortho intramolecular Hbond substituents is 1. The summed E-state index contributed by atoms with van der Waals surface area (Å²) in [5, 5.41) is 14.8. The van der Waals surface area contributed by atoms with Crippen molar-refractivity contribution < 1.29 is 27.0 Å². The smallest absolute Gasteiger partial charge is 0.319 e. The molecule has 0 amide bonds. The van der Waals surface area contributed by atoms with Gasteiger partial charge in [-0.1, -0.05) is 12.0 Å². The summed E-state index contributed by atoms with van der Waals surface area (Å²) in [4.78, 5) is 13.3. The molecule has 13 heteroatoms. The lowest BCUT2D eigenvalue weighted by Crippen LogP contribution is -2.52. The van der Waals surface area contributed by atoms with E-state index in [1.54, 1.807) is 0 Å². The van der Waals surface area contributed by atoms with E-state index in [4.69, 9.17) is 11.2 Å². The first kappa shape index (κ1) is 28.5. The predicted molar refractivity (Wildman–Crippen MR) is 164 cm³/mol. The molecule has 4 saturated heterocycles. The Hall–Kier alpha value is -3.99. The number of rotatable bonds is 5. The van der Waals surface area contributed by atoms with Gasteiger partial charge in [0, 0.05) is 49.1 Å². The van der Waals surface area contributed by atoms with Crippen LogP contribution in [0.1, 0.15) is 48.9 Å². The van der Waals surface area contributed by atoms with Crippen molar-refractivity contribution in [3.63, 3.8) is 0 Å². The minimum absolute atomic E-state index is 0.00184. The fourth-order valence-electron chi connectivity index (χ4n) is 7.96. The molecule has 5 aliphatic rings. The van der Waals surface area contributed by atoms with Crippen molar-refractivity contribution >= 4 is 38.4 Å². The van der Waals surface area contributed by atoms with Gasteiger partial charge in [0.25, 0.3) is 10.0 Å². The lowest BCUT2D eigenvalue weighted by Gasteiger charge is -2.35. The molecule has 3 aromatic rings. The van der Waals surface area contributed by atoms with Crippen LogP contribution in [0.4, 0.5) is 14.6 Å². The van der Waals surface area contributed by atoms with Crippen molar-refractivity contribution in [2.45, 2.75) is 60.8 Å². The minimum Gasteiger partial charge on any atom is -0.508 e. The van der Waals surface area contributed by atoms with Crippen LogP contribution in [0, 0.1) is 18.2 Å². The Balaban J connectivity index is 1.27. The highest BCUT2D eigenvalue weighted by atomic mass is 32.2. The van der Waals surface area contributed by atoms with Gasteiger partial charge in [-0.3, -0.25) is 9.62 Å². The summed E-state index contributed by atoms with van der Waals surface area (Å²) < 4.78 is 66.3. The number of aromatic nitrogens is 2. The first-order valence-corrected chi connectivity index (χ1v) is 16.7. The average Bonchev–Trinajstić information content (AvgIpc) is 3.65. The molecule has 4 fully saturated rings. The van der Waals surface area contributed by atoms with Gasteiger partial charge in [0.1, 0.15) is 24.3 Å². The van der Waals surface area contributed by atoms with Crippen molar-refractivity contribution in [1.82, 2.24) is 24.9 Å². The summed E-state index contributed by atoms with van der Waals surface area (Å²) in [7, 11) is -4.26. The van der Waals surface area contributed by atoms with E-state index in [0.29, 0.717) is 31.4 Å². The Morgan fingerprint density at radius 1 is 1.18 bits per heavy atom. The predicted octanol–water partition coefficient (Wildman–Crippen LogP) is 3.14. The van der Waals surface area contributed by atoms with Crippen LogP contribution in [0.5, 0.6) is 11.8 Å². The van der Waals surface area contributed by atoms with Gasteiger partial charge in [-0.15, -0.1) is 6.42 Å². The number of sulfonamides is 1. The van der Waals surface area contributed by atoms with Crippen molar-refractivity contribution in [2.75, 3.05) is 37.7 Å². The molecule has 234 valence electrons. The molecule has 0 spiro atoms. The molecule has 10 nitrogen and oxygen atoms in total. The van der Waals surface area contributed by atoms with E-state index in [0.717, 1.165) is 32.2 Å². The van der Waals surface area contributed by atoms with E-state index in [1.165, 1.54) is 30.3 Å². The fourth-order valence-corrected chi connectivity index (χ4v) is 9.32. The summed E-state index contributed by atoms with van der Waals surface area (Å²) in [6.07, 6.45) is 10.4. The second-order valence-electron chi connectivity index (χ2n) is 12.8. The molecule has 2 aromatic carbocycles. The van der Waals surface area contributed by atoms with E-state index in [2.05, 4.69) is 30.8 Å². The van der Waals surface area contributed by atoms with Gasteiger partial charge in [-0.05, 0) is 61.9 Å². The van der Waals surface area contributed by atoms with Gasteiger partial charge >= 0.3 is 6.01 Å². The number of piperazine rings is 1. The molecule has 0 aliphatic carbocycles. The third-order valence-electron chi connectivity index (χ3n) is 9.88. The number of halogens is 2. The van der Waals surface area contributed by atoms with Gasteiger partial charge in [0.05, 0.1) is 22.5 Å². The molecule has 8 rings (SSSR count). The normalized spacial score (nSPS) is 28.3. The molecule has 4 atom stereocenters. The summed E-state index contributed by atoms with van der Waals surface area (Å²) in [5.74, 6) is 1.81. The van der Waals surface area contributed by atoms with Gasteiger partial charge in [-0.25, -0.2) is 17.2 Å². The van der Waals surface area contributed by atoms with Gasteiger partial charge < -0.3 is 20.1 Å². The molecule has 5 aliphatic heterocycles. The van der Waals surface area contributed by atoms with E-state index in [-0.39, 0.29) is 69.1 Å². The first-order chi connectivity index (χ1) is 21.6. The molecule has 1 aromatic heterocycles. The first-order valence-electron chi connectivity index (χ1n) is 15.2. The number of hydrogen-bond acceptors (Lipinski definition) is 9. The number of aromatic hydroxyl groups is 1. The number of terminal acetylenes is 1. The molecule has 0 saturated carbocycles. The number of nitrogens with zero attached hydrogens (tertiary/aromatic N) is 4. The monoisotopic (exact) mass is 634 g/mol. The largest absolute Gasteiger partial charge is 0.508 e. The SMILES string of the molecule is C#Cc1c(F)ccc2cc(O)cc(C3=Cc4nc(OC[C@@]56CCCN5C[C@H](F)C6)nc(N5CC6CCC(C5)N6)c4S(=O)(=O)N3)c12. The van der Waals surface area contributed by atoms with E-state index in [9.17, 15) is 22.3 Å².